The zero-order valence-corrected chi connectivity index (χ0v) is 10.7. The summed E-state index contributed by atoms with van der Waals surface area (Å²) in [6, 6.07) is 0.132. The lowest BCUT2D eigenvalue weighted by molar-refractivity contribution is 0.238. The Kier molecular flexibility index (Phi) is 3.93. The molecule has 2 rings (SSSR count). The van der Waals surface area contributed by atoms with Gasteiger partial charge in [-0.2, -0.15) is 0 Å². The van der Waals surface area contributed by atoms with Crippen molar-refractivity contribution in [3.8, 4) is 0 Å². The maximum atomic E-state index is 9.34. The number of nitrogens with one attached hydrogen (secondary N) is 1. The fourth-order valence-electron chi connectivity index (χ4n) is 2.09. The van der Waals surface area contributed by atoms with Gasteiger partial charge in [0.15, 0.2) is 3.92 Å². The minimum atomic E-state index is 0.132. The van der Waals surface area contributed by atoms with Gasteiger partial charge in [0.25, 0.3) is 0 Å². The predicted octanol–water partition coefficient (Wildman–Crippen LogP) is 2.26. The average Bonchev–Trinajstić information content (AvgIpc) is 2.85. The van der Waals surface area contributed by atoms with Crippen molar-refractivity contribution in [2.24, 2.45) is 5.92 Å². The van der Waals surface area contributed by atoms with Gasteiger partial charge in [0.1, 0.15) is 0 Å². The molecular formula is C9H14BrN3OS. The van der Waals surface area contributed by atoms with Crippen molar-refractivity contribution in [2.75, 3.05) is 11.9 Å². The number of hydrogen-bond donors (Lipinski definition) is 2. The van der Waals surface area contributed by atoms with E-state index in [2.05, 4.69) is 31.4 Å². The fraction of sp³-hybridized carbons (Fsp3) is 0.778. The van der Waals surface area contributed by atoms with Crippen LogP contribution in [0.2, 0.25) is 0 Å². The van der Waals surface area contributed by atoms with Gasteiger partial charge in [-0.1, -0.05) is 24.2 Å². The second-order valence-electron chi connectivity index (χ2n) is 3.84. The molecule has 0 bridgehead atoms. The summed E-state index contributed by atoms with van der Waals surface area (Å²) < 4.78 is 0.771. The first-order valence-electron chi connectivity index (χ1n) is 5.16. The van der Waals surface area contributed by atoms with Crippen LogP contribution in [-0.2, 0) is 0 Å². The highest BCUT2D eigenvalue weighted by Gasteiger charge is 2.25. The van der Waals surface area contributed by atoms with Crippen LogP contribution in [0.4, 0.5) is 5.13 Å². The number of rotatable bonds is 4. The van der Waals surface area contributed by atoms with E-state index in [9.17, 15) is 5.11 Å². The summed E-state index contributed by atoms with van der Waals surface area (Å²) in [5, 5.41) is 21.2. The summed E-state index contributed by atoms with van der Waals surface area (Å²) in [4.78, 5) is 0. The molecule has 0 spiro atoms. The van der Waals surface area contributed by atoms with Crippen LogP contribution in [0.3, 0.4) is 0 Å². The molecule has 1 unspecified atom stereocenters. The molecule has 1 atom stereocenters. The maximum Gasteiger partial charge on any atom is 0.206 e. The fourth-order valence-corrected chi connectivity index (χ4v) is 3.17. The smallest absolute Gasteiger partial charge is 0.206 e. The van der Waals surface area contributed by atoms with Crippen LogP contribution >= 0.6 is 27.3 Å². The highest BCUT2D eigenvalue weighted by molar-refractivity contribution is 9.11. The Hall–Kier alpha value is -0.200. The molecule has 1 aliphatic carbocycles. The van der Waals surface area contributed by atoms with Gasteiger partial charge in [0.05, 0.1) is 12.6 Å². The first-order valence-corrected chi connectivity index (χ1v) is 6.77. The van der Waals surface area contributed by atoms with Crippen LogP contribution in [0.25, 0.3) is 0 Å². The number of aliphatic hydroxyl groups is 1. The molecule has 1 fully saturated rings. The Bertz CT molecular complexity index is 314. The molecule has 1 heterocycles. The molecule has 6 heteroatoms. The van der Waals surface area contributed by atoms with Crippen molar-refractivity contribution in [2.45, 2.75) is 31.7 Å². The van der Waals surface area contributed by atoms with Gasteiger partial charge in [0, 0.05) is 0 Å². The second kappa shape index (κ2) is 5.23. The molecule has 0 amide bonds. The third kappa shape index (κ3) is 2.89. The maximum absolute atomic E-state index is 9.34. The monoisotopic (exact) mass is 291 g/mol. The van der Waals surface area contributed by atoms with Crippen LogP contribution in [-0.4, -0.2) is 28.0 Å². The largest absolute Gasteiger partial charge is 0.394 e. The number of anilines is 1. The zero-order chi connectivity index (χ0) is 10.7. The van der Waals surface area contributed by atoms with Crippen molar-refractivity contribution in [1.82, 2.24) is 10.2 Å². The summed E-state index contributed by atoms with van der Waals surface area (Å²) in [7, 11) is 0. The lowest BCUT2D eigenvalue weighted by Crippen LogP contribution is -2.31. The predicted molar refractivity (Wildman–Crippen MR) is 64.1 cm³/mol. The molecule has 0 aliphatic heterocycles. The highest BCUT2D eigenvalue weighted by Crippen LogP contribution is 2.30. The molecule has 4 nitrogen and oxygen atoms in total. The van der Waals surface area contributed by atoms with Crippen LogP contribution in [0.15, 0.2) is 3.92 Å². The van der Waals surface area contributed by atoms with Gasteiger partial charge >= 0.3 is 0 Å². The van der Waals surface area contributed by atoms with Crippen molar-refractivity contribution < 1.29 is 5.11 Å². The summed E-state index contributed by atoms with van der Waals surface area (Å²) in [6.07, 6.45) is 4.97. The van der Waals surface area contributed by atoms with Gasteiger partial charge < -0.3 is 10.4 Å². The van der Waals surface area contributed by atoms with E-state index in [-0.39, 0.29) is 12.6 Å². The molecule has 2 N–H and O–H groups in total. The normalized spacial score (nSPS) is 19.3. The van der Waals surface area contributed by atoms with Crippen molar-refractivity contribution in [1.29, 1.82) is 0 Å². The first-order chi connectivity index (χ1) is 7.29. The number of aliphatic hydroxyl groups excluding tert-OH is 1. The minimum Gasteiger partial charge on any atom is -0.394 e. The van der Waals surface area contributed by atoms with Crippen molar-refractivity contribution >= 4 is 32.4 Å². The van der Waals surface area contributed by atoms with E-state index in [1.54, 1.807) is 0 Å². The zero-order valence-electron chi connectivity index (χ0n) is 8.32. The SMILES string of the molecule is OCC(Nc1nnc(Br)s1)C1CCCC1. The second-order valence-corrected chi connectivity index (χ2v) is 6.09. The first kappa shape index (κ1) is 11.3. The lowest BCUT2D eigenvalue weighted by atomic mass is 9.99. The molecule has 1 aromatic rings. The van der Waals surface area contributed by atoms with E-state index in [0.29, 0.717) is 5.92 Å². The van der Waals surface area contributed by atoms with E-state index >= 15 is 0 Å². The highest BCUT2D eigenvalue weighted by atomic mass is 79.9. The van der Waals surface area contributed by atoms with E-state index in [1.165, 1.54) is 37.0 Å². The van der Waals surface area contributed by atoms with Crippen LogP contribution in [0.1, 0.15) is 25.7 Å². The number of halogens is 1. The third-order valence-electron chi connectivity index (χ3n) is 2.87. The minimum absolute atomic E-state index is 0.132. The Balaban J connectivity index is 1.95. The number of hydrogen-bond acceptors (Lipinski definition) is 5. The Morgan fingerprint density at radius 3 is 2.73 bits per heavy atom. The van der Waals surface area contributed by atoms with Gasteiger partial charge in [0.2, 0.25) is 5.13 Å². The molecule has 1 aliphatic rings. The van der Waals surface area contributed by atoms with E-state index in [4.69, 9.17) is 0 Å². The molecule has 0 saturated heterocycles. The average molecular weight is 292 g/mol. The Morgan fingerprint density at radius 2 is 2.20 bits per heavy atom. The van der Waals surface area contributed by atoms with Gasteiger partial charge in [-0.05, 0) is 34.7 Å². The van der Waals surface area contributed by atoms with Crippen LogP contribution in [0.5, 0.6) is 0 Å². The van der Waals surface area contributed by atoms with Gasteiger partial charge in [-0.15, -0.1) is 10.2 Å². The summed E-state index contributed by atoms with van der Waals surface area (Å²) in [6.45, 7) is 0.169. The van der Waals surface area contributed by atoms with Crippen molar-refractivity contribution in [3.63, 3.8) is 0 Å². The Labute approximate surface area is 101 Å². The van der Waals surface area contributed by atoms with E-state index in [1.807, 2.05) is 0 Å². The molecular weight excluding hydrogens is 278 g/mol. The van der Waals surface area contributed by atoms with E-state index < -0.39 is 0 Å². The summed E-state index contributed by atoms with van der Waals surface area (Å²) in [5.74, 6) is 0.581. The molecule has 0 aromatic carbocycles. The number of aromatic nitrogens is 2. The molecule has 84 valence electrons. The molecule has 1 saturated carbocycles. The topological polar surface area (TPSA) is 58.0 Å². The molecule has 0 radical (unpaired) electrons. The van der Waals surface area contributed by atoms with Crippen LogP contribution in [0, 0.1) is 5.92 Å². The molecule has 15 heavy (non-hydrogen) atoms. The third-order valence-corrected chi connectivity index (χ3v) is 4.16. The van der Waals surface area contributed by atoms with Gasteiger partial charge in [-0.25, -0.2) is 0 Å². The Morgan fingerprint density at radius 1 is 1.47 bits per heavy atom. The summed E-state index contributed by atoms with van der Waals surface area (Å²) >= 11 is 4.73. The van der Waals surface area contributed by atoms with E-state index in [0.717, 1.165) is 9.05 Å². The number of nitrogens with zero attached hydrogens (tertiary/aromatic N) is 2. The van der Waals surface area contributed by atoms with Gasteiger partial charge in [-0.3, -0.25) is 0 Å². The quantitative estimate of drug-likeness (QED) is 0.893. The standard InChI is InChI=1S/C9H14BrN3OS/c10-8-12-13-9(15-8)11-7(5-14)6-3-1-2-4-6/h6-7,14H,1-5H2,(H,11,13). The lowest BCUT2D eigenvalue weighted by Gasteiger charge is -2.21. The summed E-state index contributed by atoms with van der Waals surface area (Å²) in [5.41, 5.74) is 0. The van der Waals surface area contributed by atoms with Crippen molar-refractivity contribution in [3.05, 3.63) is 3.92 Å². The molecule has 1 aromatic heterocycles. The van der Waals surface area contributed by atoms with Crippen LogP contribution < -0.4 is 5.32 Å².